The minimum Gasteiger partial charge on any atom is -0.339 e. The van der Waals surface area contributed by atoms with Crippen molar-refractivity contribution in [3.63, 3.8) is 0 Å². The molecule has 0 unspecified atom stereocenters. The number of aromatic nitrogens is 2. The topological polar surface area (TPSA) is 62.5 Å². The fraction of sp³-hybridized carbons (Fsp3) is 0.222. The standard InChI is InChI=1S/C27H26N4O2/c1-20-28-27(29-33-20)25-13-9-22(10-14-25)18-31-16-15-30(19-26(31)32)17-21-7-11-24(12-8-21)23-5-3-2-4-6-23/h2-14H,15-19H2,1H3. The van der Waals surface area contributed by atoms with Crippen LogP contribution in [-0.4, -0.2) is 45.5 Å². The molecular weight excluding hydrogens is 412 g/mol. The summed E-state index contributed by atoms with van der Waals surface area (Å²) in [6.07, 6.45) is 0. The lowest BCUT2D eigenvalue weighted by molar-refractivity contribution is -0.136. The second kappa shape index (κ2) is 9.38. The lowest BCUT2D eigenvalue weighted by Crippen LogP contribution is -2.49. The number of piperazine rings is 1. The highest BCUT2D eigenvalue weighted by Gasteiger charge is 2.24. The molecule has 0 N–H and O–H groups in total. The van der Waals surface area contributed by atoms with Gasteiger partial charge in [-0.25, -0.2) is 0 Å². The van der Waals surface area contributed by atoms with Crippen LogP contribution in [0.15, 0.2) is 83.4 Å². The molecule has 0 aliphatic carbocycles. The number of benzene rings is 3. The van der Waals surface area contributed by atoms with E-state index in [-0.39, 0.29) is 5.91 Å². The summed E-state index contributed by atoms with van der Waals surface area (Å²) in [4.78, 5) is 21.2. The van der Waals surface area contributed by atoms with Crippen LogP contribution >= 0.6 is 0 Å². The van der Waals surface area contributed by atoms with Gasteiger partial charge in [-0.3, -0.25) is 9.69 Å². The molecule has 166 valence electrons. The number of rotatable bonds is 6. The van der Waals surface area contributed by atoms with Crippen molar-refractivity contribution >= 4 is 5.91 Å². The Hall–Kier alpha value is -3.77. The molecule has 1 fully saturated rings. The van der Waals surface area contributed by atoms with Gasteiger partial charge in [0.2, 0.25) is 17.6 Å². The maximum absolute atomic E-state index is 12.8. The average molecular weight is 439 g/mol. The number of hydrogen-bond donors (Lipinski definition) is 0. The van der Waals surface area contributed by atoms with Crippen molar-refractivity contribution in [2.75, 3.05) is 19.6 Å². The number of amides is 1. The molecule has 3 aromatic carbocycles. The fourth-order valence-electron chi connectivity index (χ4n) is 4.15. The smallest absolute Gasteiger partial charge is 0.237 e. The van der Waals surface area contributed by atoms with E-state index in [1.165, 1.54) is 16.7 Å². The van der Waals surface area contributed by atoms with Gasteiger partial charge in [0, 0.05) is 38.7 Å². The summed E-state index contributed by atoms with van der Waals surface area (Å²) in [7, 11) is 0. The van der Waals surface area contributed by atoms with Crippen LogP contribution in [-0.2, 0) is 17.9 Å². The fourth-order valence-corrected chi connectivity index (χ4v) is 4.15. The van der Waals surface area contributed by atoms with Crippen molar-refractivity contribution in [3.05, 3.63) is 95.9 Å². The van der Waals surface area contributed by atoms with E-state index < -0.39 is 0 Å². The summed E-state index contributed by atoms with van der Waals surface area (Å²) in [6, 6.07) is 27.0. The molecule has 1 aliphatic rings. The molecule has 0 spiro atoms. The van der Waals surface area contributed by atoms with E-state index in [0.717, 1.165) is 30.8 Å². The molecule has 2 heterocycles. The second-order valence-corrected chi connectivity index (χ2v) is 8.42. The normalized spacial score (nSPS) is 14.6. The molecule has 33 heavy (non-hydrogen) atoms. The molecule has 1 aliphatic heterocycles. The van der Waals surface area contributed by atoms with Crippen LogP contribution in [0, 0.1) is 6.92 Å². The van der Waals surface area contributed by atoms with Crippen LogP contribution in [0.3, 0.4) is 0 Å². The van der Waals surface area contributed by atoms with Gasteiger partial charge in [0.25, 0.3) is 0 Å². The van der Waals surface area contributed by atoms with E-state index >= 15 is 0 Å². The highest BCUT2D eigenvalue weighted by molar-refractivity contribution is 5.79. The van der Waals surface area contributed by atoms with Gasteiger partial charge in [-0.15, -0.1) is 0 Å². The summed E-state index contributed by atoms with van der Waals surface area (Å²) in [6.45, 7) is 5.22. The Balaban J connectivity index is 1.15. The Bertz CT molecular complexity index is 1220. The highest BCUT2D eigenvalue weighted by atomic mass is 16.5. The molecule has 1 amide bonds. The van der Waals surface area contributed by atoms with Crippen LogP contribution < -0.4 is 0 Å². The van der Waals surface area contributed by atoms with E-state index in [4.69, 9.17) is 4.52 Å². The van der Waals surface area contributed by atoms with E-state index in [2.05, 4.69) is 63.6 Å². The first kappa shape index (κ1) is 21.1. The molecule has 5 rings (SSSR count). The monoisotopic (exact) mass is 438 g/mol. The minimum atomic E-state index is 0.167. The van der Waals surface area contributed by atoms with Gasteiger partial charge >= 0.3 is 0 Å². The van der Waals surface area contributed by atoms with Crippen LogP contribution in [0.1, 0.15) is 17.0 Å². The summed E-state index contributed by atoms with van der Waals surface area (Å²) in [5.41, 5.74) is 5.65. The zero-order chi connectivity index (χ0) is 22.6. The van der Waals surface area contributed by atoms with E-state index in [1.54, 1.807) is 6.92 Å². The zero-order valence-electron chi connectivity index (χ0n) is 18.6. The van der Waals surface area contributed by atoms with Crippen LogP contribution in [0.2, 0.25) is 0 Å². The number of aryl methyl sites for hydroxylation is 1. The predicted octanol–water partition coefficient (Wildman–Crippen LogP) is 4.56. The molecule has 4 aromatic rings. The van der Waals surface area contributed by atoms with Crippen molar-refractivity contribution < 1.29 is 9.32 Å². The summed E-state index contributed by atoms with van der Waals surface area (Å²) >= 11 is 0. The molecule has 6 nitrogen and oxygen atoms in total. The molecule has 0 radical (unpaired) electrons. The number of carbonyl (C=O) groups is 1. The Morgan fingerprint density at radius 2 is 1.42 bits per heavy atom. The number of carbonyl (C=O) groups excluding carboxylic acids is 1. The van der Waals surface area contributed by atoms with Crippen molar-refractivity contribution in [3.8, 4) is 22.5 Å². The van der Waals surface area contributed by atoms with Gasteiger partial charge in [0.15, 0.2) is 0 Å². The number of hydrogen-bond acceptors (Lipinski definition) is 5. The van der Waals surface area contributed by atoms with Crippen LogP contribution in [0.25, 0.3) is 22.5 Å². The highest BCUT2D eigenvalue weighted by Crippen LogP contribution is 2.21. The van der Waals surface area contributed by atoms with Gasteiger partial charge in [-0.1, -0.05) is 84.0 Å². The molecule has 1 saturated heterocycles. The van der Waals surface area contributed by atoms with Crippen molar-refractivity contribution in [2.24, 2.45) is 0 Å². The average Bonchev–Trinajstić information content (AvgIpc) is 3.29. The molecular formula is C27H26N4O2. The second-order valence-electron chi connectivity index (χ2n) is 8.42. The molecule has 1 aromatic heterocycles. The summed E-state index contributed by atoms with van der Waals surface area (Å²) in [5.74, 6) is 1.30. The third kappa shape index (κ3) is 5.02. The zero-order valence-corrected chi connectivity index (χ0v) is 18.6. The molecule has 0 bridgehead atoms. The van der Waals surface area contributed by atoms with E-state index in [1.807, 2.05) is 35.2 Å². The summed E-state index contributed by atoms with van der Waals surface area (Å²) < 4.78 is 5.04. The van der Waals surface area contributed by atoms with Crippen molar-refractivity contribution in [1.29, 1.82) is 0 Å². The molecule has 0 atom stereocenters. The predicted molar refractivity (Wildman–Crippen MR) is 127 cm³/mol. The van der Waals surface area contributed by atoms with Crippen LogP contribution in [0.5, 0.6) is 0 Å². The van der Waals surface area contributed by atoms with Crippen molar-refractivity contribution in [1.82, 2.24) is 19.9 Å². The lowest BCUT2D eigenvalue weighted by Gasteiger charge is -2.34. The first-order chi connectivity index (χ1) is 16.1. The maximum atomic E-state index is 12.8. The third-order valence-corrected chi connectivity index (χ3v) is 5.98. The number of nitrogens with zero attached hydrogens (tertiary/aromatic N) is 4. The SMILES string of the molecule is Cc1nc(-c2ccc(CN3CCN(Cc4ccc(-c5ccccc5)cc4)CC3=O)cc2)no1. The Morgan fingerprint density at radius 3 is 2.06 bits per heavy atom. The van der Waals surface area contributed by atoms with E-state index in [0.29, 0.717) is 24.8 Å². The maximum Gasteiger partial charge on any atom is 0.237 e. The van der Waals surface area contributed by atoms with Gasteiger partial charge < -0.3 is 9.42 Å². The molecule has 0 saturated carbocycles. The summed E-state index contributed by atoms with van der Waals surface area (Å²) in [5, 5.41) is 3.95. The van der Waals surface area contributed by atoms with Gasteiger partial charge in [0.1, 0.15) is 0 Å². The van der Waals surface area contributed by atoms with Gasteiger partial charge in [-0.05, 0) is 22.3 Å². The Kier molecular flexibility index (Phi) is 6.00. The van der Waals surface area contributed by atoms with Gasteiger partial charge in [-0.2, -0.15) is 4.98 Å². The molecule has 6 heteroatoms. The first-order valence-corrected chi connectivity index (χ1v) is 11.2. The Labute approximate surface area is 193 Å². The minimum absolute atomic E-state index is 0.167. The Morgan fingerprint density at radius 1 is 0.788 bits per heavy atom. The largest absolute Gasteiger partial charge is 0.339 e. The van der Waals surface area contributed by atoms with Crippen LogP contribution in [0.4, 0.5) is 0 Å². The first-order valence-electron chi connectivity index (χ1n) is 11.2. The van der Waals surface area contributed by atoms with Gasteiger partial charge in [0.05, 0.1) is 6.54 Å². The van der Waals surface area contributed by atoms with Crippen molar-refractivity contribution in [2.45, 2.75) is 20.0 Å². The third-order valence-electron chi connectivity index (χ3n) is 5.98. The quantitative estimate of drug-likeness (QED) is 0.442. The lowest BCUT2D eigenvalue weighted by atomic mass is 10.0. The van der Waals surface area contributed by atoms with E-state index in [9.17, 15) is 4.79 Å².